The van der Waals surface area contributed by atoms with Gasteiger partial charge in [0, 0.05) is 35.6 Å². The van der Waals surface area contributed by atoms with E-state index in [2.05, 4.69) is 21.3 Å². The Kier molecular flexibility index (Phi) is 11.6. The smallest absolute Gasteiger partial charge is 0.240 e. The van der Waals surface area contributed by atoms with Gasteiger partial charge in [-0.3, -0.25) is 4.99 Å². The molecule has 11 heteroatoms. The number of hydrogen-bond acceptors (Lipinski definition) is 7. The molecule has 1 aliphatic heterocycles. The van der Waals surface area contributed by atoms with Gasteiger partial charge < -0.3 is 19.1 Å². The van der Waals surface area contributed by atoms with E-state index in [1.165, 1.54) is 0 Å². The summed E-state index contributed by atoms with van der Waals surface area (Å²) >= 11 is 12.7. The van der Waals surface area contributed by atoms with Gasteiger partial charge in [0.25, 0.3) is 0 Å². The van der Waals surface area contributed by atoms with Gasteiger partial charge in [-0.05, 0) is 54.7 Å². The lowest BCUT2D eigenvalue weighted by Crippen LogP contribution is -2.31. The minimum atomic E-state index is -3.70. The molecule has 1 atom stereocenters. The summed E-state index contributed by atoms with van der Waals surface area (Å²) < 4.78 is 44.5. The van der Waals surface area contributed by atoms with E-state index in [-0.39, 0.29) is 24.0 Å². The molecule has 0 bridgehead atoms. The average molecular weight is 559 g/mol. The van der Waals surface area contributed by atoms with Gasteiger partial charge >= 0.3 is 0 Å². The molecule has 2 aromatic rings. The quantitative estimate of drug-likeness (QED) is 0.266. The normalized spacial score (nSPS) is 16.1. The first-order chi connectivity index (χ1) is 17.3. The lowest BCUT2D eigenvalue weighted by Gasteiger charge is -2.33. The van der Waals surface area contributed by atoms with Crippen molar-refractivity contribution in [3.8, 4) is 0 Å². The summed E-state index contributed by atoms with van der Waals surface area (Å²) in [5.41, 5.74) is 2.94. The van der Waals surface area contributed by atoms with Crippen molar-refractivity contribution in [1.29, 1.82) is 0 Å². The Balaban J connectivity index is 1.50. The number of ether oxygens (including phenoxy) is 3. The third-order valence-corrected chi connectivity index (χ3v) is 7.75. The van der Waals surface area contributed by atoms with E-state index < -0.39 is 10.0 Å². The zero-order valence-corrected chi connectivity index (χ0v) is 22.7. The minimum Gasteiger partial charge on any atom is -0.378 e. The van der Waals surface area contributed by atoms with Crippen LogP contribution in [0.3, 0.4) is 0 Å². The summed E-state index contributed by atoms with van der Waals surface area (Å²) in [6.45, 7) is 8.04. The highest BCUT2D eigenvalue weighted by Gasteiger charge is 2.28. The molecule has 0 radical (unpaired) electrons. The highest BCUT2D eigenvalue weighted by atomic mass is 35.5. The maximum Gasteiger partial charge on any atom is 0.240 e. The summed E-state index contributed by atoms with van der Waals surface area (Å²) in [5.74, 6) is -0.0440. The van der Waals surface area contributed by atoms with Crippen LogP contribution >= 0.6 is 23.2 Å². The second kappa shape index (κ2) is 14.4. The summed E-state index contributed by atoms with van der Waals surface area (Å²) in [4.78, 5) is 6.07. The molecular formula is C25H33Cl2N3O5S. The van der Waals surface area contributed by atoms with Gasteiger partial charge in [0.05, 0.1) is 51.1 Å². The maximum atomic E-state index is 12.9. The van der Waals surface area contributed by atoms with Crippen molar-refractivity contribution < 1.29 is 22.6 Å². The van der Waals surface area contributed by atoms with Crippen molar-refractivity contribution in [3.63, 3.8) is 0 Å². The molecule has 8 nitrogen and oxygen atoms in total. The van der Waals surface area contributed by atoms with Gasteiger partial charge in [-0.2, -0.15) is 0 Å². The van der Waals surface area contributed by atoms with E-state index in [0.29, 0.717) is 56.2 Å². The second-order valence-electron chi connectivity index (χ2n) is 8.46. The van der Waals surface area contributed by atoms with Crippen molar-refractivity contribution in [1.82, 2.24) is 9.62 Å². The van der Waals surface area contributed by atoms with Crippen LogP contribution in [-0.4, -0.2) is 86.4 Å². The lowest BCUT2D eigenvalue weighted by molar-refractivity contribution is 0.0172. The van der Waals surface area contributed by atoms with Crippen molar-refractivity contribution in [2.24, 2.45) is 4.99 Å². The molecule has 2 aromatic carbocycles. The fourth-order valence-electron chi connectivity index (χ4n) is 4.03. The number of rotatable bonds is 15. The predicted octanol–water partition coefficient (Wildman–Crippen LogP) is 3.60. The molecule has 3 rings (SSSR count). The molecule has 1 N–H and O–H groups in total. The lowest BCUT2D eigenvalue weighted by atomic mass is 9.85. The molecule has 0 fully saturated rings. The van der Waals surface area contributed by atoms with Gasteiger partial charge in [-0.1, -0.05) is 35.3 Å². The van der Waals surface area contributed by atoms with Gasteiger partial charge in [0.1, 0.15) is 0 Å². The van der Waals surface area contributed by atoms with Crippen LogP contribution in [0.25, 0.3) is 0 Å². The fourth-order valence-corrected chi connectivity index (χ4v) is 5.67. The van der Waals surface area contributed by atoms with Crippen LogP contribution in [0.5, 0.6) is 0 Å². The fraction of sp³-hybridized carbons (Fsp3) is 0.480. The highest BCUT2D eigenvalue weighted by Crippen LogP contribution is 2.38. The number of sulfonamides is 1. The number of likely N-dealkylation sites (N-methyl/N-ethyl adjacent to an activating group) is 1. The zero-order chi connectivity index (χ0) is 26.0. The van der Waals surface area contributed by atoms with Crippen LogP contribution < -0.4 is 4.72 Å². The van der Waals surface area contributed by atoms with E-state index >= 15 is 0 Å². The summed E-state index contributed by atoms with van der Waals surface area (Å²) in [5, 5.41) is 1.19. The Morgan fingerprint density at radius 3 is 2.47 bits per heavy atom. The van der Waals surface area contributed by atoms with Gasteiger partial charge in [-0.15, -0.1) is 0 Å². The Bertz CT molecular complexity index is 1120. The van der Waals surface area contributed by atoms with Crippen LogP contribution in [0.2, 0.25) is 10.0 Å². The first-order valence-corrected chi connectivity index (χ1v) is 14.0. The third-order valence-electron chi connectivity index (χ3n) is 5.74. The molecule has 1 aliphatic rings. The number of halogens is 2. The number of fused-ring (bicyclic) bond motifs is 1. The van der Waals surface area contributed by atoms with Crippen LogP contribution in [0.1, 0.15) is 22.6 Å². The Labute approximate surface area is 223 Å². The van der Waals surface area contributed by atoms with Crippen LogP contribution in [0, 0.1) is 0 Å². The minimum absolute atomic E-state index is 0.0440. The molecule has 0 unspecified atom stereocenters. The molecule has 36 heavy (non-hydrogen) atoms. The number of aliphatic imine (C=N–C) groups is 1. The molecule has 0 saturated carbocycles. The van der Waals surface area contributed by atoms with Crippen molar-refractivity contribution >= 4 is 39.9 Å². The number of nitrogens with zero attached hydrogens (tertiary/aromatic N) is 2. The average Bonchev–Trinajstić information content (AvgIpc) is 2.85. The van der Waals surface area contributed by atoms with Gasteiger partial charge in [0.15, 0.2) is 0 Å². The maximum absolute atomic E-state index is 12.9. The molecule has 198 valence electrons. The number of nitrogens with one attached hydrogen (secondary N) is 1. The third kappa shape index (κ3) is 8.49. The summed E-state index contributed by atoms with van der Waals surface area (Å²) in [7, 11) is -1.68. The van der Waals surface area contributed by atoms with E-state index in [1.807, 2.05) is 19.2 Å². The van der Waals surface area contributed by atoms with Gasteiger partial charge in [0.2, 0.25) is 10.0 Å². The first kappa shape index (κ1) is 29.0. The zero-order valence-electron chi connectivity index (χ0n) is 20.4. The Morgan fingerprint density at radius 2 is 1.75 bits per heavy atom. The summed E-state index contributed by atoms with van der Waals surface area (Å²) in [6.07, 6.45) is 0. The SMILES string of the molecule is C=NCCOCCOCCOCCNS(=O)(=O)c1cccc([C@H]2CN(C)Cc3c(Cl)cc(Cl)cc32)c1. The van der Waals surface area contributed by atoms with E-state index in [0.717, 1.165) is 23.2 Å². The van der Waals surface area contributed by atoms with E-state index in [1.54, 1.807) is 24.3 Å². The molecule has 0 spiro atoms. The molecule has 1 heterocycles. The number of benzene rings is 2. The van der Waals surface area contributed by atoms with E-state index in [4.69, 9.17) is 37.4 Å². The Morgan fingerprint density at radius 1 is 1.06 bits per heavy atom. The standard InChI is InChI=1S/C25H33Cl2N3O5S/c1-28-6-8-33-10-12-35-13-11-34-9-7-29-36(31,32)21-5-3-4-19(14-21)23-17-30(2)18-24-22(23)15-20(26)16-25(24)27/h3-5,14-16,23,29H,1,6-13,17-18H2,2H3/t23-/m1/s1. The second-order valence-corrected chi connectivity index (χ2v) is 11.1. The van der Waals surface area contributed by atoms with Crippen LogP contribution in [-0.2, 0) is 30.8 Å². The van der Waals surface area contributed by atoms with Gasteiger partial charge in [-0.25, -0.2) is 13.1 Å². The molecular weight excluding hydrogens is 525 g/mol. The van der Waals surface area contributed by atoms with Crippen LogP contribution in [0.15, 0.2) is 46.3 Å². The van der Waals surface area contributed by atoms with Crippen molar-refractivity contribution in [2.75, 3.05) is 66.3 Å². The topological polar surface area (TPSA) is 89.5 Å². The van der Waals surface area contributed by atoms with Crippen molar-refractivity contribution in [2.45, 2.75) is 17.4 Å². The molecule has 0 aromatic heterocycles. The van der Waals surface area contributed by atoms with E-state index in [9.17, 15) is 8.42 Å². The predicted molar refractivity (Wildman–Crippen MR) is 143 cm³/mol. The highest BCUT2D eigenvalue weighted by molar-refractivity contribution is 7.89. The molecule has 0 amide bonds. The van der Waals surface area contributed by atoms with Crippen LogP contribution in [0.4, 0.5) is 0 Å². The molecule has 0 aliphatic carbocycles. The first-order valence-electron chi connectivity index (χ1n) is 11.7. The monoisotopic (exact) mass is 557 g/mol. The van der Waals surface area contributed by atoms with Crippen molar-refractivity contribution in [3.05, 3.63) is 63.1 Å². The molecule has 0 saturated heterocycles. The largest absolute Gasteiger partial charge is 0.378 e. The Hall–Kier alpha value is -1.56. The number of hydrogen-bond donors (Lipinski definition) is 1. The summed E-state index contributed by atoms with van der Waals surface area (Å²) in [6, 6.07) is 10.7.